The van der Waals surface area contributed by atoms with Crippen LogP contribution in [0.15, 0.2) is 0 Å². The van der Waals surface area contributed by atoms with Crippen molar-refractivity contribution < 1.29 is 20.0 Å². The molecule has 0 radical (unpaired) electrons. The Morgan fingerprint density at radius 3 is 2.06 bits per heavy atom. The largest absolute Gasteiger partial charge is 0.381 e. The maximum absolute atomic E-state index is 9.02. The molecule has 0 atom stereocenters. The van der Waals surface area contributed by atoms with Gasteiger partial charge in [0.15, 0.2) is 0 Å². The molecule has 0 aliphatic heterocycles. The highest BCUT2D eigenvalue weighted by molar-refractivity contribution is 4.48. The highest BCUT2D eigenvalue weighted by Crippen LogP contribution is 2.10. The van der Waals surface area contributed by atoms with Crippen molar-refractivity contribution in [2.24, 2.45) is 5.92 Å². The first-order chi connectivity index (χ1) is 8.42. The lowest BCUT2D eigenvalue weighted by atomic mass is 10.0. The average molecular weight is 262 g/mol. The Bertz CT molecular complexity index is 178. The van der Waals surface area contributed by atoms with E-state index in [2.05, 4.69) is 13.8 Å². The lowest BCUT2D eigenvalue weighted by Crippen LogP contribution is -2.37. The lowest BCUT2D eigenvalue weighted by Gasteiger charge is -2.14. The molecule has 0 saturated carbocycles. The molecular weight excluding hydrogens is 230 g/mol. The second kappa shape index (κ2) is 10.7. The molecule has 18 heavy (non-hydrogen) atoms. The van der Waals surface area contributed by atoms with Crippen molar-refractivity contribution in [3.8, 4) is 0 Å². The van der Waals surface area contributed by atoms with Crippen molar-refractivity contribution in [1.29, 1.82) is 0 Å². The third-order valence-electron chi connectivity index (χ3n) is 2.94. The molecule has 0 unspecified atom stereocenters. The fourth-order valence-electron chi connectivity index (χ4n) is 1.86. The number of ether oxygens (including phenoxy) is 1. The molecule has 0 rings (SSSR count). The Kier molecular flexibility index (Phi) is 10.6. The van der Waals surface area contributed by atoms with Crippen molar-refractivity contribution >= 4 is 0 Å². The summed E-state index contributed by atoms with van der Waals surface area (Å²) in [5.41, 5.74) is 0. The van der Waals surface area contributed by atoms with Gasteiger partial charge in [-0.1, -0.05) is 50.8 Å². The van der Waals surface area contributed by atoms with Crippen LogP contribution in [0.25, 0.3) is 0 Å². The summed E-state index contributed by atoms with van der Waals surface area (Å²) < 4.78 is 5.44. The Balaban J connectivity index is 3.04. The summed E-state index contributed by atoms with van der Waals surface area (Å²) in [6.07, 6.45) is 8.37. The summed E-state index contributed by atoms with van der Waals surface area (Å²) >= 11 is 0. The first-order valence-corrected chi connectivity index (χ1v) is 7.30. The molecule has 4 nitrogen and oxygen atoms in total. The third-order valence-corrected chi connectivity index (χ3v) is 2.94. The van der Waals surface area contributed by atoms with Crippen molar-refractivity contribution in [2.75, 3.05) is 26.8 Å². The van der Waals surface area contributed by atoms with Gasteiger partial charge in [-0.3, -0.25) is 0 Å². The van der Waals surface area contributed by atoms with Crippen LogP contribution in [0.4, 0.5) is 0 Å². The Labute approximate surface area is 112 Å². The SMILES string of the molecule is CC(C)CCCCCCCOCCC[N+](C)(O)O. The van der Waals surface area contributed by atoms with Crippen LogP contribution in [0, 0.1) is 5.92 Å². The molecule has 0 fully saturated rings. The molecule has 0 aromatic carbocycles. The summed E-state index contributed by atoms with van der Waals surface area (Å²) in [6.45, 7) is 6.27. The maximum Gasteiger partial charge on any atom is 0.144 e. The van der Waals surface area contributed by atoms with E-state index in [1.807, 2.05) is 0 Å². The van der Waals surface area contributed by atoms with Gasteiger partial charge in [0.25, 0.3) is 0 Å². The molecule has 0 aliphatic carbocycles. The van der Waals surface area contributed by atoms with Crippen molar-refractivity contribution in [3.05, 3.63) is 0 Å². The molecule has 0 aliphatic rings. The normalized spacial score (nSPS) is 12.3. The van der Waals surface area contributed by atoms with Crippen molar-refractivity contribution in [3.63, 3.8) is 0 Å². The molecule has 2 N–H and O–H groups in total. The predicted molar refractivity (Wildman–Crippen MR) is 72.6 cm³/mol. The van der Waals surface area contributed by atoms with Crippen LogP contribution in [-0.2, 0) is 4.74 Å². The first kappa shape index (κ1) is 17.8. The Hall–Kier alpha value is -0.160. The van der Waals surface area contributed by atoms with E-state index in [4.69, 9.17) is 15.2 Å². The number of hydroxylamine groups is 4. The number of quaternary nitrogens is 1. The van der Waals surface area contributed by atoms with Crippen LogP contribution in [0.5, 0.6) is 0 Å². The first-order valence-electron chi connectivity index (χ1n) is 7.30. The van der Waals surface area contributed by atoms with Crippen LogP contribution >= 0.6 is 0 Å². The van der Waals surface area contributed by atoms with E-state index >= 15 is 0 Å². The Morgan fingerprint density at radius 1 is 0.889 bits per heavy atom. The molecule has 0 heterocycles. The number of hydrogen-bond acceptors (Lipinski definition) is 3. The molecular formula is C14H32NO3+. The van der Waals surface area contributed by atoms with Gasteiger partial charge in [-0.2, -0.15) is 10.4 Å². The van der Waals surface area contributed by atoms with Gasteiger partial charge in [0, 0.05) is 13.0 Å². The van der Waals surface area contributed by atoms with Gasteiger partial charge in [0.2, 0.25) is 0 Å². The van der Waals surface area contributed by atoms with E-state index in [9.17, 15) is 0 Å². The molecule has 0 amide bonds. The average Bonchev–Trinajstić information content (AvgIpc) is 2.24. The smallest absolute Gasteiger partial charge is 0.144 e. The third kappa shape index (κ3) is 15.8. The van der Waals surface area contributed by atoms with E-state index in [-0.39, 0.29) is 0 Å². The highest BCUT2D eigenvalue weighted by atomic mass is 16.8. The van der Waals surface area contributed by atoms with Crippen LogP contribution in [0.1, 0.15) is 58.8 Å². The zero-order valence-corrected chi connectivity index (χ0v) is 12.4. The standard InChI is InChI=1S/C14H32NO3/c1-14(2)10-7-5-4-6-8-12-18-13-9-11-15(3,16)17/h14,16-17H,4-13H2,1-3H3/q+1. The van der Waals surface area contributed by atoms with Crippen molar-refractivity contribution in [1.82, 2.24) is 0 Å². The molecule has 110 valence electrons. The van der Waals surface area contributed by atoms with E-state index in [1.54, 1.807) is 0 Å². The maximum atomic E-state index is 9.02. The molecule has 0 bridgehead atoms. The second-order valence-corrected chi connectivity index (χ2v) is 5.73. The van der Waals surface area contributed by atoms with E-state index in [0.29, 0.717) is 19.6 Å². The van der Waals surface area contributed by atoms with E-state index in [0.717, 1.165) is 18.9 Å². The zero-order chi connectivity index (χ0) is 13.9. The van der Waals surface area contributed by atoms with Gasteiger partial charge in [0.05, 0.1) is 6.61 Å². The van der Waals surface area contributed by atoms with Gasteiger partial charge in [-0.25, -0.2) is 0 Å². The van der Waals surface area contributed by atoms with Gasteiger partial charge < -0.3 is 4.74 Å². The fraction of sp³-hybridized carbons (Fsp3) is 1.00. The highest BCUT2D eigenvalue weighted by Gasteiger charge is 2.12. The van der Waals surface area contributed by atoms with Gasteiger partial charge in [-0.15, -0.1) is 0 Å². The molecule has 0 spiro atoms. The van der Waals surface area contributed by atoms with E-state index < -0.39 is 4.81 Å². The van der Waals surface area contributed by atoms with Gasteiger partial charge in [-0.05, 0) is 12.3 Å². The van der Waals surface area contributed by atoms with Crippen molar-refractivity contribution in [2.45, 2.75) is 58.8 Å². The monoisotopic (exact) mass is 262 g/mol. The lowest BCUT2D eigenvalue weighted by molar-refractivity contribution is -1.23. The van der Waals surface area contributed by atoms with Crippen LogP contribution in [-0.4, -0.2) is 42.0 Å². The minimum Gasteiger partial charge on any atom is -0.381 e. The zero-order valence-electron chi connectivity index (χ0n) is 12.4. The minimum absolute atomic E-state index is 0.315. The van der Waals surface area contributed by atoms with E-state index in [1.165, 1.54) is 39.2 Å². The van der Waals surface area contributed by atoms with Gasteiger partial charge >= 0.3 is 0 Å². The fourth-order valence-corrected chi connectivity index (χ4v) is 1.86. The van der Waals surface area contributed by atoms with Crippen LogP contribution < -0.4 is 0 Å². The molecule has 0 aromatic rings. The quantitative estimate of drug-likeness (QED) is 0.321. The summed E-state index contributed by atoms with van der Waals surface area (Å²) in [6, 6.07) is 0. The molecule has 0 aromatic heterocycles. The summed E-state index contributed by atoms with van der Waals surface area (Å²) in [7, 11) is 1.34. The number of hydrogen-bond donors (Lipinski definition) is 2. The summed E-state index contributed by atoms with van der Waals surface area (Å²) in [5, 5.41) is 18.0. The number of nitrogens with zero attached hydrogens (tertiary/aromatic N) is 1. The summed E-state index contributed by atoms with van der Waals surface area (Å²) in [5.74, 6) is 0.829. The van der Waals surface area contributed by atoms with Crippen LogP contribution in [0.3, 0.4) is 0 Å². The molecule has 0 saturated heterocycles. The number of unbranched alkanes of at least 4 members (excludes halogenated alkanes) is 4. The molecule has 4 heteroatoms. The number of rotatable bonds is 12. The Morgan fingerprint density at radius 2 is 1.44 bits per heavy atom. The topological polar surface area (TPSA) is 49.7 Å². The second-order valence-electron chi connectivity index (χ2n) is 5.73. The van der Waals surface area contributed by atoms with Gasteiger partial charge in [0.1, 0.15) is 13.6 Å². The predicted octanol–water partition coefficient (Wildman–Crippen LogP) is 3.61. The summed E-state index contributed by atoms with van der Waals surface area (Å²) in [4.78, 5) is -0.959. The minimum atomic E-state index is -0.959. The van der Waals surface area contributed by atoms with Crippen LogP contribution in [0.2, 0.25) is 0 Å².